The summed E-state index contributed by atoms with van der Waals surface area (Å²) in [5.74, 6) is -0.0520. The predicted molar refractivity (Wildman–Crippen MR) is 86.1 cm³/mol. The molecule has 1 saturated heterocycles. The number of carbonyl (C=O) groups excluding carboxylic acids is 2. The number of benzene rings is 1. The molecule has 0 aliphatic carbocycles. The summed E-state index contributed by atoms with van der Waals surface area (Å²) in [6, 6.07) is 9.84. The van der Waals surface area contributed by atoms with Crippen molar-refractivity contribution >= 4 is 11.8 Å². The van der Waals surface area contributed by atoms with E-state index in [1.165, 1.54) is 25.0 Å². The van der Waals surface area contributed by atoms with Gasteiger partial charge in [0.25, 0.3) is 5.91 Å². The molecule has 0 bridgehead atoms. The van der Waals surface area contributed by atoms with E-state index < -0.39 is 0 Å². The van der Waals surface area contributed by atoms with Gasteiger partial charge in [-0.2, -0.15) is 0 Å². The van der Waals surface area contributed by atoms with Gasteiger partial charge in [-0.25, -0.2) is 0 Å². The highest BCUT2D eigenvalue weighted by Crippen LogP contribution is 2.29. The van der Waals surface area contributed by atoms with E-state index in [0.29, 0.717) is 18.7 Å². The Bertz CT molecular complexity index is 692. The molecular weight excluding hydrogens is 292 g/mol. The van der Waals surface area contributed by atoms with Gasteiger partial charge >= 0.3 is 0 Å². The molecule has 1 N–H and O–H groups in total. The van der Waals surface area contributed by atoms with Crippen LogP contribution in [-0.2, 0) is 4.79 Å². The molecule has 120 valence electrons. The molecule has 3 rings (SSSR count). The fraction of sp³-hybridized carbons (Fsp3) is 0.333. The van der Waals surface area contributed by atoms with E-state index >= 15 is 0 Å². The van der Waals surface area contributed by atoms with E-state index in [9.17, 15) is 9.59 Å². The first-order valence-corrected chi connectivity index (χ1v) is 7.69. The standard InChI is InChI=1S/C18H20N2O3/c1-12-3-5-14(6-4-12)16-9-20(10-17(16)19-13(2)21)18(22)15-7-8-23-11-15/h3-8,11,16-17H,9-10H2,1-2H3,(H,19,21)/t16-,17+/m0/s1. The van der Waals surface area contributed by atoms with Crippen molar-refractivity contribution in [2.75, 3.05) is 13.1 Å². The SMILES string of the molecule is CC(=O)N[C@@H]1CN(C(=O)c2ccoc2)C[C@H]1c1ccc(C)cc1. The van der Waals surface area contributed by atoms with E-state index in [4.69, 9.17) is 4.42 Å². The highest BCUT2D eigenvalue weighted by atomic mass is 16.3. The van der Waals surface area contributed by atoms with Gasteiger partial charge in [0.15, 0.2) is 0 Å². The van der Waals surface area contributed by atoms with Crippen molar-refractivity contribution in [3.63, 3.8) is 0 Å². The monoisotopic (exact) mass is 312 g/mol. The quantitative estimate of drug-likeness (QED) is 0.946. The lowest BCUT2D eigenvalue weighted by atomic mass is 9.93. The molecule has 0 saturated carbocycles. The van der Waals surface area contributed by atoms with Gasteiger partial charge < -0.3 is 14.6 Å². The molecule has 0 unspecified atom stereocenters. The van der Waals surface area contributed by atoms with Crippen molar-refractivity contribution in [1.29, 1.82) is 0 Å². The summed E-state index contributed by atoms with van der Waals surface area (Å²) in [6.07, 6.45) is 2.95. The summed E-state index contributed by atoms with van der Waals surface area (Å²) in [4.78, 5) is 25.8. The van der Waals surface area contributed by atoms with E-state index in [-0.39, 0.29) is 23.8 Å². The molecule has 23 heavy (non-hydrogen) atoms. The third kappa shape index (κ3) is 3.28. The Kier molecular flexibility index (Phi) is 4.19. The Morgan fingerprint density at radius 2 is 1.91 bits per heavy atom. The Labute approximate surface area is 135 Å². The zero-order chi connectivity index (χ0) is 16.4. The molecule has 1 fully saturated rings. The zero-order valence-electron chi connectivity index (χ0n) is 13.3. The predicted octanol–water partition coefficient (Wildman–Crippen LogP) is 2.33. The minimum absolute atomic E-state index is 0.0660. The maximum atomic E-state index is 12.5. The normalized spacial score (nSPS) is 20.5. The van der Waals surface area contributed by atoms with Gasteiger partial charge in [-0.3, -0.25) is 9.59 Å². The topological polar surface area (TPSA) is 62.6 Å². The van der Waals surface area contributed by atoms with Gasteiger partial charge in [0, 0.05) is 25.9 Å². The van der Waals surface area contributed by atoms with E-state index in [1.54, 1.807) is 11.0 Å². The number of carbonyl (C=O) groups is 2. The summed E-state index contributed by atoms with van der Waals surface area (Å²) >= 11 is 0. The molecule has 1 aliphatic rings. The molecular formula is C18H20N2O3. The molecule has 2 aromatic rings. The average molecular weight is 312 g/mol. The zero-order valence-corrected chi connectivity index (χ0v) is 13.3. The van der Waals surface area contributed by atoms with E-state index in [1.807, 2.05) is 6.92 Å². The van der Waals surface area contributed by atoms with Gasteiger partial charge in [0.2, 0.25) is 5.91 Å². The summed E-state index contributed by atoms with van der Waals surface area (Å²) < 4.78 is 4.99. The number of amides is 2. The lowest BCUT2D eigenvalue weighted by molar-refractivity contribution is -0.119. The van der Waals surface area contributed by atoms with Gasteiger partial charge in [-0.05, 0) is 18.6 Å². The van der Waals surface area contributed by atoms with Crippen LogP contribution in [0.15, 0.2) is 47.3 Å². The molecule has 1 aromatic heterocycles. The van der Waals surface area contributed by atoms with Crippen LogP contribution in [0.25, 0.3) is 0 Å². The summed E-state index contributed by atoms with van der Waals surface area (Å²) in [6.45, 7) is 4.63. The third-order valence-corrected chi connectivity index (χ3v) is 4.27. The first-order chi connectivity index (χ1) is 11.0. The Morgan fingerprint density at radius 1 is 1.17 bits per heavy atom. The second-order valence-electron chi connectivity index (χ2n) is 6.05. The van der Waals surface area contributed by atoms with E-state index in [0.717, 1.165) is 5.56 Å². The molecule has 5 nitrogen and oxygen atoms in total. The van der Waals surface area contributed by atoms with Crippen LogP contribution in [0.5, 0.6) is 0 Å². The minimum atomic E-state index is -0.0790. The molecule has 2 heterocycles. The van der Waals surface area contributed by atoms with Gasteiger partial charge in [-0.1, -0.05) is 29.8 Å². The van der Waals surface area contributed by atoms with Crippen LogP contribution in [-0.4, -0.2) is 35.8 Å². The van der Waals surface area contributed by atoms with Crippen molar-refractivity contribution in [3.8, 4) is 0 Å². The van der Waals surface area contributed by atoms with Crippen LogP contribution in [0.1, 0.15) is 34.3 Å². The largest absolute Gasteiger partial charge is 0.472 e. The van der Waals surface area contributed by atoms with Gasteiger partial charge in [-0.15, -0.1) is 0 Å². The number of nitrogens with one attached hydrogen (secondary N) is 1. The molecule has 2 amide bonds. The average Bonchev–Trinajstić information content (AvgIpc) is 3.16. The number of hydrogen-bond acceptors (Lipinski definition) is 3. The maximum absolute atomic E-state index is 12.5. The van der Waals surface area contributed by atoms with Crippen LogP contribution in [0, 0.1) is 6.92 Å². The number of hydrogen-bond donors (Lipinski definition) is 1. The van der Waals surface area contributed by atoms with Crippen LogP contribution in [0.3, 0.4) is 0 Å². The number of likely N-dealkylation sites (tertiary alicyclic amines) is 1. The van der Waals surface area contributed by atoms with Crippen molar-refractivity contribution in [1.82, 2.24) is 10.2 Å². The second-order valence-corrected chi connectivity index (χ2v) is 6.05. The number of nitrogens with zero attached hydrogens (tertiary/aromatic N) is 1. The Balaban J connectivity index is 1.83. The summed E-state index contributed by atoms with van der Waals surface area (Å²) in [5.41, 5.74) is 2.86. The lowest BCUT2D eigenvalue weighted by Gasteiger charge is -2.19. The molecule has 1 aliphatic heterocycles. The number of aryl methyl sites for hydroxylation is 1. The first-order valence-electron chi connectivity index (χ1n) is 7.69. The fourth-order valence-corrected chi connectivity index (χ4v) is 3.10. The molecule has 5 heteroatoms. The Morgan fingerprint density at radius 3 is 2.52 bits per heavy atom. The molecule has 0 radical (unpaired) electrons. The van der Waals surface area contributed by atoms with Crippen LogP contribution in [0.2, 0.25) is 0 Å². The van der Waals surface area contributed by atoms with Crippen molar-refractivity contribution < 1.29 is 14.0 Å². The Hall–Kier alpha value is -2.56. The maximum Gasteiger partial charge on any atom is 0.257 e. The van der Waals surface area contributed by atoms with Crippen molar-refractivity contribution in [2.45, 2.75) is 25.8 Å². The smallest absolute Gasteiger partial charge is 0.257 e. The number of rotatable bonds is 3. The van der Waals surface area contributed by atoms with Gasteiger partial charge in [0.05, 0.1) is 17.9 Å². The number of furan rings is 1. The summed E-state index contributed by atoms with van der Waals surface area (Å²) in [5, 5.41) is 2.98. The van der Waals surface area contributed by atoms with Crippen molar-refractivity contribution in [2.24, 2.45) is 0 Å². The third-order valence-electron chi connectivity index (χ3n) is 4.27. The molecule has 2 atom stereocenters. The molecule has 1 aromatic carbocycles. The fourth-order valence-electron chi connectivity index (χ4n) is 3.10. The van der Waals surface area contributed by atoms with Crippen LogP contribution >= 0.6 is 0 Å². The highest BCUT2D eigenvalue weighted by molar-refractivity contribution is 5.94. The summed E-state index contributed by atoms with van der Waals surface area (Å²) in [7, 11) is 0. The van der Waals surface area contributed by atoms with Gasteiger partial charge in [0.1, 0.15) is 6.26 Å². The first kappa shape index (κ1) is 15.3. The minimum Gasteiger partial charge on any atom is -0.472 e. The van der Waals surface area contributed by atoms with Crippen molar-refractivity contribution in [3.05, 3.63) is 59.5 Å². The highest BCUT2D eigenvalue weighted by Gasteiger charge is 2.37. The van der Waals surface area contributed by atoms with Crippen LogP contribution in [0.4, 0.5) is 0 Å². The lowest BCUT2D eigenvalue weighted by Crippen LogP contribution is -2.39. The van der Waals surface area contributed by atoms with E-state index in [2.05, 4.69) is 29.6 Å². The van der Waals surface area contributed by atoms with Crippen LogP contribution < -0.4 is 5.32 Å². The second kappa shape index (κ2) is 6.28. The molecule has 0 spiro atoms.